The van der Waals surface area contributed by atoms with E-state index in [1.807, 2.05) is 0 Å². The van der Waals surface area contributed by atoms with Crippen molar-refractivity contribution in [3.8, 4) is 0 Å². The van der Waals surface area contributed by atoms with Crippen LogP contribution in [0.5, 0.6) is 0 Å². The van der Waals surface area contributed by atoms with E-state index in [1.165, 1.54) is 83.1 Å². The number of imide groups is 1. The van der Waals surface area contributed by atoms with Gasteiger partial charge < -0.3 is 5.11 Å². The van der Waals surface area contributed by atoms with Crippen molar-refractivity contribution in [1.29, 1.82) is 0 Å². The van der Waals surface area contributed by atoms with Crippen LogP contribution in [-0.2, 0) is 9.59 Å². The molecule has 0 rings (SSSR count). The molecule has 0 aromatic heterocycles. The van der Waals surface area contributed by atoms with E-state index in [0.717, 1.165) is 12.8 Å². The molecule has 0 unspecified atom stereocenters. The molecule has 140 valence electrons. The first kappa shape index (κ1) is 22.8. The zero-order valence-corrected chi connectivity index (χ0v) is 15.5. The number of carbonyl (C=O) groups is 2. The van der Waals surface area contributed by atoms with E-state index in [-0.39, 0.29) is 0 Å². The molecule has 0 heterocycles. The van der Waals surface area contributed by atoms with Crippen molar-refractivity contribution in [2.75, 3.05) is 6.61 Å². The highest BCUT2D eigenvalue weighted by molar-refractivity contribution is 6.01. The lowest BCUT2D eigenvalue weighted by atomic mass is 10.0. The number of unbranched alkanes of at least 4 members (excludes halogenated alkanes) is 13. The predicted molar refractivity (Wildman–Crippen MR) is 99.7 cm³/mol. The second kappa shape index (κ2) is 18.2. The molecule has 0 aliphatic heterocycles. The van der Waals surface area contributed by atoms with Crippen molar-refractivity contribution < 1.29 is 14.7 Å². The van der Waals surface area contributed by atoms with E-state index in [2.05, 4.69) is 12.2 Å². The molecule has 2 amide bonds. The number of allylic oxidation sites excluding steroid dienone is 1. The van der Waals surface area contributed by atoms with E-state index in [4.69, 9.17) is 5.11 Å². The van der Waals surface area contributed by atoms with E-state index in [0.29, 0.717) is 0 Å². The van der Waals surface area contributed by atoms with Crippen LogP contribution in [0.1, 0.15) is 96.8 Å². The van der Waals surface area contributed by atoms with E-state index in [9.17, 15) is 9.59 Å². The topological polar surface area (TPSA) is 66.4 Å². The molecule has 4 nitrogen and oxygen atoms in total. The molecule has 0 saturated heterocycles. The molecular formula is C20H37NO3. The summed E-state index contributed by atoms with van der Waals surface area (Å²) in [5, 5.41) is 10.6. The fraction of sp³-hybridized carbons (Fsp3) is 0.800. The number of aliphatic hydroxyl groups is 1. The van der Waals surface area contributed by atoms with Gasteiger partial charge in [0, 0.05) is 0 Å². The Balaban J connectivity index is 3.22. The molecule has 0 radical (unpaired) electrons. The van der Waals surface area contributed by atoms with E-state index < -0.39 is 18.4 Å². The summed E-state index contributed by atoms with van der Waals surface area (Å²) in [6.45, 7) is 1.60. The van der Waals surface area contributed by atoms with Crippen LogP contribution in [0.2, 0.25) is 0 Å². The molecule has 4 heteroatoms. The van der Waals surface area contributed by atoms with Crippen LogP contribution in [-0.4, -0.2) is 23.5 Å². The molecule has 0 aliphatic carbocycles. The smallest absolute Gasteiger partial charge is 0.252 e. The third-order valence-corrected chi connectivity index (χ3v) is 4.15. The summed E-state index contributed by atoms with van der Waals surface area (Å²) in [5.74, 6) is -1.12. The third kappa shape index (κ3) is 17.2. The molecule has 0 spiro atoms. The number of amides is 2. The van der Waals surface area contributed by atoms with Gasteiger partial charge in [0.25, 0.3) is 5.91 Å². The summed E-state index contributed by atoms with van der Waals surface area (Å²) in [5.41, 5.74) is 0. The van der Waals surface area contributed by atoms with Crippen LogP contribution in [0.4, 0.5) is 0 Å². The molecular weight excluding hydrogens is 302 g/mol. The number of carbonyl (C=O) groups excluding carboxylic acids is 2. The monoisotopic (exact) mass is 339 g/mol. The number of nitrogens with one attached hydrogen (secondary N) is 1. The summed E-state index contributed by atoms with van der Waals surface area (Å²) < 4.78 is 0. The molecule has 24 heavy (non-hydrogen) atoms. The summed E-state index contributed by atoms with van der Waals surface area (Å²) in [6.07, 6.45) is 21.3. The number of hydrogen-bond acceptors (Lipinski definition) is 3. The van der Waals surface area contributed by atoms with Gasteiger partial charge >= 0.3 is 0 Å². The normalized spacial score (nSPS) is 11.1. The van der Waals surface area contributed by atoms with Gasteiger partial charge in [0.1, 0.15) is 6.61 Å². The largest absolute Gasteiger partial charge is 0.387 e. The van der Waals surface area contributed by atoms with Gasteiger partial charge in [-0.1, -0.05) is 90.0 Å². The summed E-state index contributed by atoms with van der Waals surface area (Å²) in [7, 11) is 0. The molecule has 0 saturated carbocycles. The Hall–Kier alpha value is -1.16. The van der Waals surface area contributed by atoms with Crippen LogP contribution >= 0.6 is 0 Å². The van der Waals surface area contributed by atoms with Crippen LogP contribution in [0.25, 0.3) is 0 Å². The van der Waals surface area contributed by atoms with Gasteiger partial charge in [-0.25, -0.2) is 0 Å². The molecule has 0 aromatic carbocycles. The lowest BCUT2D eigenvalue weighted by Gasteiger charge is -2.02. The maximum absolute atomic E-state index is 11.2. The standard InChI is InChI=1S/C20H37NO3/c1-2-3-4-5-6-7-8-9-10-11-12-13-14-15-16-17-19(23)21-20(24)18-22/h16-17,22H,2-15,18H2,1H3,(H,21,23,24). The van der Waals surface area contributed by atoms with Gasteiger partial charge in [0.15, 0.2) is 0 Å². The van der Waals surface area contributed by atoms with Gasteiger partial charge in [-0.2, -0.15) is 0 Å². The Morgan fingerprint density at radius 1 is 0.792 bits per heavy atom. The minimum atomic E-state index is -0.661. The molecule has 0 atom stereocenters. The molecule has 0 bridgehead atoms. The highest BCUT2D eigenvalue weighted by atomic mass is 16.3. The Kier molecular flexibility index (Phi) is 17.3. The van der Waals surface area contributed by atoms with Crippen molar-refractivity contribution in [1.82, 2.24) is 5.32 Å². The average molecular weight is 340 g/mol. The van der Waals surface area contributed by atoms with Crippen LogP contribution in [0.3, 0.4) is 0 Å². The van der Waals surface area contributed by atoms with Gasteiger partial charge in [0.2, 0.25) is 5.91 Å². The first-order valence-electron chi connectivity index (χ1n) is 9.82. The Bertz CT molecular complexity index is 340. The fourth-order valence-corrected chi connectivity index (χ4v) is 2.69. The molecule has 0 aliphatic rings. The minimum absolute atomic E-state index is 0.455. The SMILES string of the molecule is CCCCCCCCCCCCCCCC=CC(=O)NC(=O)CO. The fourth-order valence-electron chi connectivity index (χ4n) is 2.69. The van der Waals surface area contributed by atoms with Gasteiger partial charge in [-0.3, -0.25) is 14.9 Å². The van der Waals surface area contributed by atoms with E-state index in [1.54, 1.807) is 6.08 Å². The molecule has 0 aromatic rings. The Morgan fingerprint density at radius 3 is 1.71 bits per heavy atom. The minimum Gasteiger partial charge on any atom is -0.387 e. The molecule has 2 N–H and O–H groups in total. The highest BCUT2D eigenvalue weighted by Crippen LogP contribution is 2.12. The third-order valence-electron chi connectivity index (χ3n) is 4.15. The zero-order valence-electron chi connectivity index (χ0n) is 15.5. The quantitative estimate of drug-likeness (QED) is 0.317. The van der Waals surface area contributed by atoms with Gasteiger partial charge in [0.05, 0.1) is 0 Å². The van der Waals surface area contributed by atoms with Crippen molar-refractivity contribution >= 4 is 11.8 Å². The maximum Gasteiger partial charge on any atom is 0.252 e. The lowest BCUT2D eigenvalue weighted by Crippen LogP contribution is -2.31. The van der Waals surface area contributed by atoms with Crippen molar-refractivity contribution in [3.63, 3.8) is 0 Å². The van der Waals surface area contributed by atoms with Crippen molar-refractivity contribution in [2.45, 2.75) is 96.8 Å². The van der Waals surface area contributed by atoms with Crippen LogP contribution in [0, 0.1) is 0 Å². The first-order chi connectivity index (χ1) is 11.7. The second-order valence-electron chi connectivity index (χ2n) is 6.50. The average Bonchev–Trinajstić information content (AvgIpc) is 2.58. The summed E-state index contributed by atoms with van der Waals surface area (Å²) in [4.78, 5) is 22.0. The van der Waals surface area contributed by atoms with Crippen molar-refractivity contribution in [2.24, 2.45) is 0 Å². The van der Waals surface area contributed by atoms with Gasteiger partial charge in [-0.05, 0) is 18.9 Å². The van der Waals surface area contributed by atoms with E-state index >= 15 is 0 Å². The molecule has 0 fully saturated rings. The first-order valence-corrected chi connectivity index (χ1v) is 9.82. The zero-order chi connectivity index (χ0) is 17.9. The highest BCUT2D eigenvalue weighted by Gasteiger charge is 2.01. The maximum atomic E-state index is 11.2. The van der Waals surface area contributed by atoms with Crippen molar-refractivity contribution in [3.05, 3.63) is 12.2 Å². The number of rotatable bonds is 16. The number of aliphatic hydroxyl groups excluding tert-OH is 1. The Morgan fingerprint density at radius 2 is 1.25 bits per heavy atom. The van der Waals surface area contributed by atoms with Crippen LogP contribution in [0.15, 0.2) is 12.2 Å². The summed E-state index contributed by atoms with van der Waals surface area (Å²) >= 11 is 0. The summed E-state index contributed by atoms with van der Waals surface area (Å²) in [6, 6.07) is 0. The predicted octanol–water partition coefficient (Wildman–Crippen LogP) is 4.66. The lowest BCUT2D eigenvalue weighted by molar-refractivity contribution is -0.129. The second-order valence-corrected chi connectivity index (χ2v) is 6.50. The van der Waals surface area contributed by atoms with Gasteiger partial charge in [-0.15, -0.1) is 0 Å². The van der Waals surface area contributed by atoms with Crippen LogP contribution < -0.4 is 5.32 Å². The number of hydrogen-bond donors (Lipinski definition) is 2. The Labute approximate surface area is 148 Å².